The lowest BCUT2D eigenvalue weighted by Gasteiger charge is -2.05. The third-order valence-electron chi connectivity index (χ3n) is 1.94. The van der Waals surface area contributed by atoms with E-state index in [2.05, 4.69) is 11.3 Å². The van der Waals surface area contributed by atoms with Crippen LogP contribution in [0.3, 0.4) is 0 Å². The maximum Gasteiger partial charge on any atom is 0.345 e. The van der Waals surface area contributed by atoms with Crippen LogP contribution in [0, 0.1) is 6.92 Å². The first-order valence-electron chi connectivity index (χ1n) is 4.72. The third-order valence-corrected chi connectivity index (χ3v) is 4.63. The number of aromatic carboxylic acids is 1. The SMILES string of the molecule is C=C(C)CNS(=O)(=O)c1cc(C(=O)O)sc1C. The summed E-state index contributed by atoms with van der Waals surface area (Å²) >= 11 is 0.942. The number of carbonyl (C=O) groups is 1. The number of sulfonamides is 1. The van der Waals surface area contributed by atoms with E-state index in [1.54, 1.807) is 13.8 Å². The molecule has 1 heterocycles. The van der Waals surface area contributed by atoms with Gasteiger partial charge in [-0.05, 0) is 19.9 Å². The van der Waals surface area contributed by atoms with Crippen LogP contribution in [0.1, 0.15) is 21.5 Å². The van der Waals surface area contributed by atoms with Crippen molar-refractivity contribution in [2.45, 2.75) is 18.7 Å². The second kappa shape index (κ2) is 4.99. The van der Waals surface area contributed by atoms with Crippen LogP contribution in [0.25, 0.3) is 0 Å². The fourth-order valence-electron chi connectivity index (χ4n) is 1.13. The molecule has 0 atom stereocenters. The molecule has 1 aromatic rings. The molecule has 0 spiro atoms. The van der Waals surface area contributed by atoms with E-state index in [9.17, 15) is 13.2 Å². The van der Waals surface area contributed by atoms with Crippen molar-refractivity contribution < 1.29 is 18.3 Å². The first kappa shape index (κ1) is 13.9. The second-order valence-corrected chi connectivity index (χ2v) is 6.61. The summed E-state index contributed by atoms with van der Waals surface area (Å²) in [6.07, 6.45) is 0. The highest BCUT2D eigenvalue weighted by Gasteiger charge is 2.21. The number of aryl methyl sites for hydroxylation is 1. The Labute approximate surface area is 104 Å². The van der Waals surface area contributed by atoms with Gasteiger partial charge in [0.05, 0.1) is 4.90 Å². The summed E-state index contributed by atoms with van der Waals surface area (Å²) in [5, 5.41) is 8.79. The van der Waals surface area contributed by atoms with E-state index in [0.717, 1.165) is 11.3 Å². The van der Waals surface area contributed by atoms with Crippen molar-refractivity contribution in [1.29, 1.82) is 0 Å². The number of carboxylic acid groups (broad SMARTS) is 1. The molecule has 0 aliphatic carbocycles. The van der Waals surface area contributed by atoms with E-state index in [1.165, 1.54) is 6.07 Å². The quantitative estimate of drug-likeness (QED) is 0.800. The molecule has 2 N–H and O–H groups in total. The van der Waals surface area contributed by atoms with Crippen LogP contribution in [0.15, 0.2) is 23.1 Å². The minimum Gasteiger partial charge on any atom is -0.477 e. The van der Waals surface area contributed by atoms with E-state index in [-0.39, 0.29) is 16.3 Å². The molecule has 0 radical (unpaired) electrons. The van der Waals surface area contributed by atoms with Gasteiger partial charge in [-0.15, -0.1) is 11.3 Å². The Morgan fingerprint density at radius 2 is 2.18 bits per heavy atom. The van der Waals surface area contributed by atoms with Crippen LogP contribution in [-0.2, 0) is 10.0 Å². The monoisotopic (exact) mass is 275 g/mol. The Hall–Kier alpha value is -1.18. The van der Waals surface area contributed by atoms with Crippen molar-refractivity contribution >= 4 is 27.3 Å². The summed E-state index contributed by atoms with van der Waals surface area (Å²) < 4.78 is 26.1. The molecule has 0 saturated heterocycles. The standard InChI is InChI=1S/C10H13NO4S2/c1-6(2)5-11-17(14,15)9-4-8(10(12)13)16-7(9)3/h4,11H,1,5H2,2-3H3,(H,12,13). The summed E-state index contributed by atoms with van der Waals surface area (Å²) in [6.45, 7) is 7.00. The molecule has 17 heavy (non-hydrogen) atoms. The summed E-state index contributed by atoms with van der Waals surface area (Å²) in [4.78, 5) is 11.2. The van der Waals surface area contributed by atoms with E-state index in [0.29, 0.717) is 10.5 Å². The van der Waals surface area contributed by atoms with Gasteiger partial charge in [-0.1, -0.05) is 12.2 Å². The smallest absolute Gasteiger partial charge is 0.345 e. The molecule has 0 bridgehead atoms. The first-order chi connectivity index (χ1) is 7.74. The summed E-state index contributed by atoms with van der Waals surface area (Å²) in [6, 6.07) is 1.17. The number of nitrogens with one attached hydrogen (secondary N) is 1. The highest BCUT2D eigenvalue weighted by Crippen LogP contribution is 2.25. The normalized spacial score (nSPS) is 11.4. The minimum atomic E-state index is -3.66. The number of hydrogen-bond donors (Lipinski definition) is 2. The molecule has 0 aromatic carbocycles. The van der Waals surface area contributed by atoms with Gasteiger partial charge in [0.15, 0.2) is 0 Å². The van der Waals surface area contributed by atoms with Crippen LogP contribution < -0.4 is 4.72 Å². The van der Waals surface area contributed by atoms with Crippen LogP contribution in [0.4, 0.5) is 0 Å². The number of thiophene rings is 1. The maximum atomic E-state index is 11.9. The highest BCUT2D eigenvalue weighted by molar-refractivity contribution is 7.89. The average molecular weight is 275 g/mol. The Morgan fingerprint density at radius 3 is 2.59 bits per heavy atom. The van der Waals surface area contributed by atoms with Crippen LogP contribution >= 0.6 is 11.3 Å². The minimum absolute atomic E-state index is 0.0122. The van der Waals surface area contributed by atoms with Crippen molar-refractivity contribution in [2.75, 3.05) is 6.54 Å². The first-order valence-corrected chi connectivity index (χ1v) is 7.02. The van der Waals surface area contributed by atoms with Crippen molar-refractivity contribution in [2.24, 2.45) is 0 Å². The van der Waals surface area contributed by atoms with Gasteiger partial charge in [-0.3, -0.25) is 0 Å². The zero-order chi connectivity index (χ0) is 13.2. The van der Waals surface area contributed by atoms with Gasteiger partial charge >= 0.3 is 5.97 Å². The predicted octanol–water partition coefficient (Wildman–Crippen LogP) is 1.61. The highest BCUT2D eigenvalue weighted by atomic mass is 32.2. The lowest BCUT2D eigenvalue weighted by atomic mass is 10.4. The van der Waals surface area contributed by atoms with E-state index in [1.807, 2.05) is 0 Å². The molecule has 1 rings (SSSR count). The number of hydrogen-bond acceptors (Lipinski definition) is 4. The molecule has 7 heteroatoms. The van der Waals surface area contributed by atoms with Crippen molar-refractivity contribution in [3.05, 3.63) is 28.0 Å². The third kappa shape index (κ3) is 3.39. The molecule has 0 aliphatic heterocycles. The van der Waals surface area contributed by atoms with Crippen LogP contribution in [0.2, 0.25) is 0 Å². The summed E-state index contributed by atoms with van der Waals surface area (Å²) in [5.74, 6) is -1.13. The average Bonchev–Trinajstić information content (AvgIpc) is 2.58. The zero-order valence-corrected chi connectivity index (χ0v) is 11.1. The molecular formula is C10H13NO4S2. The molecule has 0 aliphatic rings. The Bertz CT molecular complexity index is 557. The van der Waals surface area contributed by atoms with Gasteiger partial charge in [-0.25, -0.2) is 17.9 Å². The molecule has 0 fully saturated rings. The van der Waals surface area contributed by atoms with Gasteiger partial charge in [0, 0.05) is 11.4 Å². The van der Waals surface area contributed by atoms with Crippen molar-refractivity contribution in [3.63, 3.8) is 0 Å². The van der Waals surface area contributed by atoms with Gasteiger partial charge in [0.2, 0.25) is 10.0 Å². The molecule has 1 aromatic heterocycles. The van der Waals surface area contributed by atoms with Gasteiger partial charge in [0.1, 0.15) is 4.88 Å². The maximum absolute atomic E-state index is 11.9. The van der Waals surface area contributed by atoms with E-state index in [4.69, 9.17) is 5.11 Å². The molecule has 0 saturated carbocycles. The molecule has 0 unspecified atom stereocenters. The Balaban J connectivity index is 3.07. The van der Waals surface area contributed by atoms with Crippen molar-refractivity contribution in [3.8, 4) is 0 Å². The van der Waals surface area contributed by atoms with Gasteiger partial charge < -0.3 is 5.11 Å². The predicted molar refractivity (Wildman–Crippen MR) is 66.0 cm³/mol. The molecular weight excluding hydrogens is 262 g/mol. The second-order valence-electron chi connectivity index (χ2n) is 3.62. The number of rotatable bonds is 5. The van der Waals surface area contributed by atoms with E-state index >= 15 is 0 Å². The number of carboxylic acids is 1. The zero-order valence-electron chi connectivity index (χ0n) is 9.48. The van der Waals surface area contributed by atoms with Gasteiger partial charge in [0.25, 0.3) is 0 Å². The fourth-order valence-corrected chi connectivity index (χ4v) is 3.66. The van der Waals surface area contributed by atoms with Crippen molar-refractivity contribution in [1.82, 2.24) is 4.72 Å². The largest absolute Gasteiger partial charge is 0.477 e. The Morgan fingerprint density at radius 1 is 1.59 bits per heavy atom. The molecule has 5 nitrogen and oxygen atoms in total. The summed E-state index contributed by atoms with van der Waals surface area (Å²) in [5.41, 5.74) is 0.680. The van der Waals surface area contributed by atoms with Crippen LogP contribution in [-0.4, -0.2) is 26.0 Å². The summed E-state index contributed by atoms with van der Waals surface area (Å²) in [7, 11) is -3.66. The molecule has 94 valence electrons. The van der Waals surface area contributed by atoms with E-state index < -0.39 is 16.0 Å². The lowest BCUT2D eigenvalue weighted by molar-refractivity contribution is 0.0702. The molecule has 0 amide bonds. The van der Waals surface area contributed by atoms with Gasteiger partial charge in [-0.2, -0.15) is 0 Å². The fraction of sp³-hybridized carbons (Fsp3) is 0.300. The Kier molecular flexibility index (Phi) is 4.07. The topological polar surface area (TPSA) is 83.5 Å². The van der Waals surface area contributed by atoms with Crippen LogP contribution in [0.5, 0.6) is 0 Å². The lowest BCUT2D eigenvalue weighted by Crippen LogP contribution is -2.25.